The van der Waals surface area contributed by atoms with Gasteiger partial charge in [-0.05, 0) is 18.4 Å². The molecule has 0 fully saturated rings. The molecule has 0 saturated heterocycles. The van der Waals surface area contributed by atoms with Gasteiger partial charge in [0.15, 0.2) is 0 Å². The van der Waals surface area contributed by atoms with E-state index in [1.807, 2.05) is 30.0 Å². The molecule has 0 amide bonds. The van der Waals surface area contributed by atoms with Crippen molar-refractivity contribution in [3.05, 3.63) is 35.9 Å². The highest BCUT2D eigenvalue weighted by atomic mass is 32.2. The number of aliphatic hydroxyl groups is 1. The molecule has 0 heterocycles. The molecule has 0 spiro atoms. The molecule has 84 valence electrons. The molecule has 0 aromatic heterocycles. The van der Waals surface area contributed by atoms with Crippen LogP contribution in [0.4, 0.5) is 0 Å². The average molecular weight is 224 g/mol. The second-order valence-corrected chi connectivity index (χ2v) is 5.37. The Morgan fingerprint density at radius 2 is 1.93 bits per heavy atom. The Kier molecular flexibility index (Phi) is 5.81. The quantitative estimate of drug-likeness (QED) is 0.801. The van der Waals surface area contributed by atoms with Crippen molar-refractivity contribution >= 4 is 11.8 Å². The molecular formula is C13H20OS. The number of aliphatic hydroxyl groups excluding tert-OH is 1. The molecule has 0 radical (unpaired) electrons. The maximum atomic E-state index is 9.83. The van der Waals surface area contributed by atoms with Crippen LogP contribution >= 0.6 is 11.8 Å². The summed E-state index contributed by atoms with van der Waals surface area (Å²) < 4.78 is 0. The monoisotopic (exact) mass is 224 g/mol. The van der Waals surface area contributed by atoms with E-state index in [4.69, 9.17) is 0 Å². The zero-order valence-electron chi connectivity index (χ0n) is 9.52. The van der Waals surface area contributed by atoms with E-state index in [0.29, 0.717) is 5.25 Å². The smallest absolute Gasteiger partial charge is 0.0670 e. The molecule has 1 nitrogen and oxygen atoms in total. The average Bonchev–Trinajstić information content (AvgIpc) is 2.27. The summed E-state index contributed by atoms with van der Waals surface area (Å²) in [5, 5.41) is 10.5. The van der Waals surface area contributed by atoms with Crippen LogP contribution in [-0.2, 0) is 6.42 Å². The third-order valence-corrected chi connectivity index (χ3v) is 3.94. The molecule has 1 aromatic carbocycles. The minimum atomic E-state index is -0.216. The van der Waals surface area contributed by atoms with E-state index < -0.39 is 0 Å². The number of hydrogen-bond donors (Lipinski definition) is 1. The maximum absolute atomic E-state index is 9.83. The SMILES string of the molecule is CCC(C)SCC(O)Cc1ccccc1. The molecule has 2 heteroatoms. The van der Waals surface area contributed by atoms with Gasteiger partial charge in [0.05, 0.1) is 6.10 Å². The molecule has 0 saturated carbocycles. The summed E-state index contributed by atoms with van der Waals surface area (Å²) in [5.74, 6) is 0.837. The predicted molar refractivity (Wildman–Crippen MR) is 68.4 cm³/mol. The molecule has 1 aromatic rings. The summed E-state index contributed by atoms with van der Waals surface area (Å²) in [6.45, 7) is 4.39. The lowest BCUT2D eigenvalue weighted by molar-refractivity contribution is 0.200. The predicted octanol–water partition coefficient (Wildman–Crippen LogP) is 3.12. The van der Waals surface area contributed by atoms with Gasteiger partial charge in [0, 0.05) is 11.0 Å². The van der Waals surface area contributed by atoms with Crippen LogP contribution in [0.25, 0.3) is 0 Å². The van der Waals surface area contributed by atoms with Gasteiger partial charge in [0.1, 0.15) is 0 Å². The molecule has 15 heavy (non-hydrogen) atoms. The van der Waals surface area contributed by atoms with Gasteiger partial charge in [0.25, 0.3) is 0 Å². The van der Waals surface area contributed by atoms with Crippen molar-refractivity contribution in [2.45, 2.75) is 38.0 Å². The largest absolute Gasteiger partial charge is 0.392 e. The molecular weight excluding hydrogens is 204 g/mol. The van der Waals surface area contributed by atoms with Crippen LogP contribution in [0.2, 0.25) is 0 Å². The second-order valence-electron chi connectivity index (χ2n) is 3.90. The highest BCUT2D eigenvalue weighted by Crippen LogP contribution is 2.16. The fraction of sp³-hybridized carbons (Fsp3) is 0.538. The van der Waals surface area contributed by atoms with Gasteiger partial charge in [-0.15, -0.1) is 0 Å². The van der Waals surface area contributed by atoms with Crippen LogP contribution in [0.1, 0.15) is 25.8 Å². The van der Waals surface area contributed by atoms with Crippen LogP contribution in [-0.4, -0.2) is 22.2 Å². The van der Waals surface area contributed by atoms with Gasteiger partial charge >= 0.3 is 0 Å². The standard InChI is InChI=1S/C13H20OS/c1-3-11(2)15-10-13(14)9-12-7-5-4-6-8-12/h4-8,11,13-14H,3,9-10H2,1-2H3. The van der Waals surface area contributed by atoms with Crippen LogP contribution in [0.5, 0.6) is 0 Å². The Balaban J connectivity index is 2.27. The molecule has 2 unspecified atom stereocenters. The highest BCUT2D eigenvalue weighted by molar-refractivity contribution is 7.99. The van der Waals surface area contributed by atoms with Crippen LogP contribution in [0, 0.1) is 0 Å². The number of thioether (sulfide) groups is 1. The van der Waals surface area contributed by atoms with Gasteiger partial charge in [-0.25, -0.2) is 0 Å². The van der Waals surface area contributed by atoms with Crippen molar-refractivity contribution in [3.8, 4) is 0 Å². The topological polar surface area (TPSA) is 20.2 Å². The lowest BCUT2D eigenvalue weighted by Gasteiger charge is -2.13. The Hall–Kier alpha value is -0.470. The van der Waals surface area contributed by atoms with Gasteiger partial charge in [-0.3, -0.25) is 0 Å². The first-order chi connectivity index (χ1) is 7.22. The van der Waals surface area contributed by atoms with E-state index in [9.17, 15) is 5.11 Å². The second kappa shape index (κ2) is 6.91. The first-order valence-electron chi connectivity index (χ1n) is 5.56. The Morgan fingerprint density at radius 1 is 1.27 bits per heavy atom. The Bertz CT molecular complexity index is 260. The van der Waals surface area contributed by atoms with Crippen molar-refractivity contribution in [2.24, 2.45) is 0 Å². The van der Waals surface area contributed by atoms with E-state index in [1.54, 1.807) is 0 Å². The molecule has 1 N–H and O–H groups in total. The van der Waals surface area contributed by atoms with E-state index in [-0.39, 0.29) is 6.10 Å². The van der Waals surface area contributed by atoms with Gasteiger partial charge in [-0.2, -0.15) is 11.8 Å². The van der Waals surface area contributed by atoms with Crippen molar-refractivity contribution in [3.63, 3.8) is 0 Å². The lowest BCUT2D eigenvalue weighted by atomic mass is 10.1. The Morgan fingerprint density at radius 3 is 2.53 bits per heavy atom. The molecule has 2 atom stereocenters. The van der Waals surface area contributed by atoms with E-state index >= 15 is 0 Å². The number of rotatable bonds is 6. The summed E-state index contributed by atoms with van der Waals surface area (Å²) in [5.41, 5.74) is 1.22. The van der Waals surface area contributed by atoms with E-state index in [1.165, 1.54) is 12.0 Å². The number of hydrogen-bond acceptors (Lipinski definition) is 2. The zero-order valence-corrected chi connectivity index (χ0v) is 10.3. The first-order valence-corrected chi connectivity index (χ1v) is 6.60. The van der Waals surface area contributed by atoms with E-state index in [2.05, 4.69) is 26.0 Å². The normalized spacial score (nSPS) is 14.9. The zero-order chi connectivity index (χ0) is 11.1. The minimum absolute atomic E-state index is 0.216. The summed E-state index contributed by atoms with van der Waals surface area (Å²) in [6, 6.07) is 10.2. The van der Waals surface area contributed by atoms with Crippen LogP contribution in [0.3, 0.4) is 0 Å². The van der Waals surface area contributed by atoms with Crippen molar-refractivity contribution < 1.29 is 5.11 Å². The fourth-order valence-corrected chi connectivity index (χ4v) is 2.24. The van der Waals surface area contributed by atoms with Gasteiger partial charge in [0.2, 0.25) is 0 Å². The fourth-order valence-electron chi connectivity index (χ4n) is 1.34. The minimum Gasteiger partial charge on any atom is -0.392 e. The molecule has 0 aliphatic rings. The van der Waals surface area contributed by atoms with Gasteiger partial charge < -0.3 is 5.11 Å². The van der Waals surface area contributed by atoms with Crippen molar-refractivity contribution in [1.29, 1.82) is 0 Å². The molecule has 0 bridgehead atoms. The van der Waals surface area contributed by atoms with Gasteiger partial charge in [-0.1, -0.05) is 44.2 Å². The lowest BCUT2D eigenvalue weighted by Crippen LogP contribution is -2.15. The summed E-state index contributed by atoms with van der Waals surface area (Å²) >= 11 is 1.85. The molecule has 1 rings (SSSR count). The summed E-state index contributed by atoms with van der Waals surface area (Å²) in [7, 11) is 0. The Labute approximate surface area is 96.9 Å². The third kappa shape index (κ3) is 5.24. The molecule has 0 aliphatic heterocycles. The van der Waals surface area contributed by atoms with Crippen molar-refractivity contribution in [2.75, 3.05) is 5.75 Å². The highest BCUT2D eigenvalue weighted by Gasteiger charge is 2.07. The van der Waals surface area contributed by atoms with Crippen LogP contribution < -0.4 is 0 Å². The van der Waals surface area contributed by atoms with Crippen LogP contribution in [0.15, 0.2) is 30.3 Å². The molecule has 0 aliphatic carbocycles. The van der Waals surface area contributed by atoms with E-state index in [0.717, 1.165) is 12.2 Å². The van der Waals surface area contributed by atoms with Crippen molar-refractivity contribution in [1.82, 2.24) is 0 Å². The summed E-state index contributed by atoms with van der Waals surface area (Å²) in [6.07, 6.45) is 1.72. The number of benzene rings is 1. The third-order valence-electron chi connectivity index (χ3n) is 2.46. The maximum Gasteiger partial charge on any atom is 0.0670 e. The summed E-state index contributed by atoms with van der Waals surface area (Å²) in [4.78, 5) is 0. The first kappa shape index (κ1) is 12.6.